The number of carbonyl (C=O) groups is 1. The highest BCUT2D eigenvalue weighted by atomic mass is 16.1. The van der Waals surface area contributed by atoms with Crippen LogP contribution in [0.3, 0.4) is 0 Å². The van der Waals surface area contributed by atoms with Gasteiger partial charge in [0.25, 0.3) is 5.91 Å². The van der Waals surface area contributed by atoms with Crippen LogP contribution in [0.2, 0.25) is 0 Å². The van der Waals surface area contributed by atoms with Crippen LogP contribution in [0.4, 0.5) is 5.82 Å². The number of aromatic nitrogens is 2. The Kier molecular flexibility index (Phi) is 2.85. The van der Waals surface area contributed by atoms with E-state index in [1.165, 1.54) is 0 Å². The van der Waals surface area contributed by atoms with Crippen molar-refractivity contribution in [2.24, 2.45) is 0 Å². The van der Waals surface area contributed by atoms with E-state index in [0.29, 0.717) is 11.6 Å². The van der Waals surface area contributed by atoms with Gasteiger partial charge in [0.2, 0.25) is 0 Å². The maximum Gasteiger partial charge on any atom is 0.256 e. The van der Waals surface area contributed by atoms with Crippen molar-refractivity contribution in [2.75, 3.05) is 11.9 Å². The van der Waals surface area contributed by atoms with Crippen LogP contribution in [-0.4, -0.2) is 28.3 Å². The van der Waals surface area contributed by atoms with Gasteiger partial charge in [-0.3, -0.25) is 4.79 Å². The molecule has 2 N–H and O–H groups in total. The fraction of sp³-hybridized carbons (Fsp3) is 0.636. The third kappa shape index (κ3) is 1.89. The maximum absolute atomic E-state index is 11.9. The molecule has 0 fully saturated rings. The molecule has 0 bridgehead atoms. The van der Waals surface area contributed by atoms with Gasteiger partial charge in [-0.2, -0.15) is 5.10 Å². The molecule has 1 unspecified atom stereocenters. The number of nitrogens with one attached hydrogen (secondary N) is 2. The Labute approximate surface area is 95.2 Å². The van der Waals surface area contributed by atoms with Crippen LogP contribution >= 0.6 is 0 Å². The van der Waals surface area contributed by atoms with E-state index in [2.05, 4.69) is 22.7 Å². The summed E-state index contributed by atoms with van der Waals surface area (Å²) in [6.07, 6.45) is 2.68. The van der Waals surface area contributed by atoms with E-state index in [0.717, 1.165) is 18.8 Å². The van der Waals surface area contributed by atoms with Crippen molar-refractivity contribution in [3.63, 3.8) is 0 Å². The number of anilines is 1. The monoisotopic (exact) mass is 222 g/mol. The van der Waals surface area contributed by atoms with Crippen LogP contribution in [0, 0.1) is 0 Å². The fourth-order valence-electron chi connectivity index (χ4n) is 1.90. The second kappa shape index (κ2) is 4.15. The van der Waals surface area contributed by atoms with E-state index in [-0.39, 0.29) is 11.9 Å². The SMILES string of the molecule is CC(C)NC(=O)c1cnn2c1NCCC2C. The lowest BCUT2D eigenvalue weighted by molar-refractivity contribution is 0.0944. The van der Waals surface area contributed by atoms with E-state index in [4.69, 9.17) is 0 Å². The maximum atomic E-state index is 11.9. The average Bonchev–Trinajstić information content (AvgIpc) is 2.61. The molecule has 1 atom stereocenters. The van der Waals surface area contributed by atoms with Gasteiger partial charge in [-0.15, -0.1) is 0 Å². The summed E-state index contributed by atoms with van der Waals surface area (Å²) in [7, 11) is 0. The summed E-state index contributed by atoms with van der Waals surface area (Å²) in [5.74, 6) is 0.787. The summed E-state index contributed by atoms with van der Waals surface area (Å²) in [5.41, 5.74) is 0.639. The van der Waals surface area contributed by atoms with E-state index in [9.17, 15) is 4.79 Å². The number of nitrogens with zero attached hydrogens (tertiary/aromatic N) is 2. The number of rotatable bonds is 2. The molecule has 5 nitrogen and oxygen atoms in total. The standard InChI is InChI=1S/C11H18N4O/c1-7(2)14-11(16)9-6-13-15-8(3)4-5-12-10(9)15/h6-8,12H,4-5H2,1-3H3,(H,14,16). The number of hydrogen-bond acceptors (Lipinski definition) is 3. The highest BCUT2D eigenvalue weighted by molar-refractivity contribution is 5.98. The van der Waals surface area contributed by atoms with Gasteiger partial charge in [0.1, 0.15) is 11.4 Å². The summed E-state index contributed by atoms with van der Waals surface area (Å²) in [6.45, 7) is 6.91. The minimum Gasteiger partial charge on any atom is -0.370 e. The zero-order chi connectivity index (χ0) is 11.7. The molecule has 5 heteroatoms. The highest BCUT2D eigenvalue weighted by Gasteiger charge is 2.23. The first-order chi connectivity index (χ1) is 7.59. The largest absolute Gasteiger partial charge is 0.370 e. The molecule has 1 aliphatic rings. The first kappa shape index (κ1) is 11.0. The van der Waals surface area contributed by atoms with Gasteiger partial charge in [-0.1, -0.05) is 0 Å². The van der Waals surface area contributed by atoms with Crippen molar-refractivity contribution in [1.29, 1.82) is 0 Å². The molecule has 1 aromatic rings. The molecular formula is C11H18N4O. The zero-order valence-electron chi connectivity index (χ0n) is 9.95. The Bertz CT molecular complexity index is 397. The van der Waals surface area contributed by atoms with Crippen molar-refractivity contribution in [2.45, 2.75) is 39.3 Å². The van der Waals surface area contributed by atoms with E-state index in [1.54, 1.807) is 6.20 Å². The van der Waals surface area contributed by atoms with Gasteiger partial charge in [0.05, 0.1) is 12.2 Å². The van der Waals surface area contributed by atoms with Crippen LogP contribution in [0.25, 0.3) is 0 Å². The minimum absolute atomic E-state index is 0.0575. The van der Waals surface area contributed by atoms with Crippen LogP contribution in [0.15, 0.2) is 6.20 Å². The second-order valence-electron chi connectivity index (χ2n) is 4.54. The number of fused-ring (bicyclic) bond motifs is 1. The first-order valence-electron chi connectivity index (χ1n) is 5.72. The van der Waals surface area contributed by atoms with Crippen molar-refractivity contribution in [1.82, 2.24) is 15.1 Å². The van der Waals surface area contributed by atoms with E-state index in [1.807, 2.05) is 18.5 Å². The predicted molar refractivity (Wildman–Crippen MR) is 62.6 cm³/mol. The predicted octanol–water partition coefficient (Wildman–Crippen LogP) is 1.40. The summed E-state index contributed by atoms with van der Waals surface area (Å²) in [6, 6.07) is 0.501. The molecule has 1 aromatic heterocycles. The van der Waals surface area contributed by atoms with Crippen molar-refractivity contribution in [3.05, 3.63) is 11.8 Å². The minimum atomic E-state index is -0.0575. The fourth-order valence-corrected chi connectivity index (χ4v) is 1.90. The molecule has 0 aliphatic carbocycles. The molecule has 0 saturated heterocycles. The first-order valence-corrected chi connectivity index (χ1v) is 5.72. The molecule has 0 saturated carbocycles. The lowest BCUT2D eigenvalue weighted by Gasteiger charge is -2.23. The van der Waals surface area contributed by atoms with Crippen LogP contribution in [0.1, 0.15) is 43.6 Å². The van der Waals surface area contributed by atoms with Crippen molar-refractivity contribution in [3.8, 4) is 0 Å². The lowest BCUT2D eigenvalue weighted by Crippen LogP contribution is -2.31. The zero-order valence-corrected chi connectivity index (χ0v) is 9.95. The van der Waals surface area contributed by atoms with Crippen molar-refractivity contribution >= 4 is 11.7 Å². The summed E-state index contributed by atoms with van der Waals surface area (Å²) >= 11 is 0. The molecule has 0 spiro atoms. The molecular weight excluding hydrogens is 204 g/mol. The van der Waals surface area contributed by atoms with Crippen molar-refractivity contribution < 1.29 is 4.79 Å². The van der Waals surface area contributed by atoms with Crippen LogP contribution in [-0.2, 0) is 0 Å². The normalized spacial score (nSPS) is 19.1. The van der Waals surface area contributed by atoms with E-state index >= 15 is 0 Å². The lowest BCUT2D eigenvalue weighted by atomic mass is 10.2. The van der Waals surface area contributed by atoms with Gasteiger partial charge in [0.15, 0.2) is 0 Å². The van der Waals surface area contributed by atoms with E-state index < -0.39 is 0 Å². The van der Waals surface area contributed by atoms with Crippen LogP contribution < -0.4 is 10.6 Å². The van der Waals surface area contributed by atoms with Gasteiger partial charge in [0, 0.05) is 12.6 Å². The molecule has 0 radical (unpaired) electrons. The average molecular weight is 222 g/mol. The quantitative estimate of drug-likeness (QED) is 0.795. The summed E-state index contributed by atoms with van der Waals surface area (Å²) < 4.78 is 1.89. The van der Waals surface area contributed by atoms with Gasteiger partial charge in [-0.05, 0) is 27.2 Å². The molecule has 2 rings (SSSR count). The summed E-state index contributed by atoms with van der Waals surface area (Å²) in [5, 5.41) is 10.4. The Balaban J connectivity index is 2.26. The Morgan fingerprint density at radius 3 is 3.12 bits per heavy atom. The molecule has 1 amide bonds. The number of amides is 1. The molecule has 0 aromatic carbocycles. The molecule has 2 heterocycles. The Morgan fingerprint density at radius 1 is 1.69 bits per heavy atom. The topological polar surface area (TPSA) is 59.0 Å². The van der Waals surface area contributed by atoms with Crippen LogP contribution in [0.5, 0.6) is 0 Å². The molecule has 16 heavy (non-hydrogen) atoms. The molecule has 1 aliphatic heterocycles. The third-order valence-corrected chi connectivity index (χ3v) is 2.73. The second-order valence-corrected chi connectivity index (χ2v) is 4.54. The van der Waals surface area contributed by atoms with Gasteiger partial charge in [-0.25, -0.2) is 4.68 Å². The highest BCUT2D eigenvalue weighted by Crippen LogP contribution is 2.25. The number of carbonyl (C=O) groups excluding carboxylic acids is 1. The Hall–Kier alpha value is -1.52. The third-order valence-electron chi connectivity index (χ3n) is 2.73. The van der Waals surface area contributed by atoms with Gasteiger partial charge < -0.3 is 10.6 Å². The smallest absolute Gasteiger partial charge is 0.256 e. The molecule has 88 valence electrons. The van der Waals surface area contributed by atoms with Gasteiger partial charge >= 0.3 is 0 Å². The summed E-state index contributed by atoms with van der Waals surface area (Å²) in [4.78, 5) is 11.9. The number of hydrogen-bond donors (Lipinski definition) is 2. The Morgan fingerprint density at radius 2 is 2.44 bits per heavy atom.